The van der Waals surface area contributed by atoms with E-state index in [2.05, 4.69) is 15.9 Å². The number of nitrogens with zero attached hydrogens (tertiary/aromatic N) is 1. The molecule has 1 rings (SSSR count). The quantitative estimate of drug-likeness (QED) is 0.371. The van der Waals surface area contributed by atoms with Gasteiger partial charge in [-0.2, -0.15) is 0 Å². The molecule has 0 aliphatic rings. The smallest absolute Gasteiger partial charge is 0.223 e. The van der Waals surface area contributed by atoms with Gasteiger partial charge in [0.05, 0.1) is 0 Å². The lowest BCUT2D eigenvalue weighted by Gasteiger charge is -2.04. The van der Waals surface area contributed by atoms with Crippen LogP contribution in [0.15, 0.2) is 24.3 Å². The Hall–Kier alpha value is -0.940. The van der Waals surface area contributed by atoms with Gasteiger partial charge in [0.2, 0.25) is 6.54 Å². The molecule has 0 aromatic heterocycles. The second kappa shape index (κ2) is 5.23. The van der Waals surface area contributed by atoms with Crippen molar-refractivity contribution >= 4 is 33.3 Å². The maximum absolute atomic E-state index is 11.6. The summed E-state index contributed by atoms with van der Waals surface area (Å²) in [5, 5.41) is 10.7. The molecule has 0 bridgehead atoms. The molecule has 0 saturated heterocycles. The number of nitro groups is 1. The van der Waals surface area contributed by atoms with Crippen molar-refractivity contribution in [3.8, 4) is 0 Å². The zero-order chi connectivity index (χ0) is 11.4. The van der Waals surface area contributed by atoms with Crippen LogP contribution in [0.5, 0.6) is 0 Å². The second-order valence-electron chi connectivity index (χ2n) is 2.85. The van der Waals surface area contributed by atoms with Crippen molar-refractivity contribution in [2.24, 2.45) is 0 Å². The summed E-state index contributed by atoms with van der Waals surface area (Å²) < 4.78 is 0. The molecule has 0 heterocycles. The monoisotopic (exact) mass is 291 g/mol. The van der Waals surface area contributed by atoms with Crippen LogP contribution in [-0.2, 0) is 0 Å². The highest BCUT2D eigenvalue weighted by atomic mass is 79.9. The fourth-order valence-corrected chi connectivity index (χ4v) is 1.64. The number of benzene rings is 1. The van der Waals surface area contributed by atoms with Crippen LogP contribution in [0.25, 0.3) is 0 Å². The van der Waals surface area contributed by atoms with E-state index < -0.39 is 16.3 Å². The lowest BCUT2D eigenvalue weighted by molar-refractivity contribution is -0.476. The number of rotatable bonds is 4. The number of alkyl halides is 1. The summed E-state index contributed by atoms with van der Waals surface area (Å²) in [6.45, 7) is -0.429. The molecule has 80 valence electrons. The molecule has 1 aromatic carbocycles. The van der Waals surface area contributed by atoms with E-state index in [9.17, 15) is 14.9 Å². The number of hydrogen-bond donors (Lipinski definition) is 0. The number of carbonyl (C=O) groups excluding carboxylic acids is 1. The predicted molar refractivity (Wildman–Crippen MR) is 60.4 cm³/mol. The third kappa shape index (κ3) is 3.60. The highest BCUT2D eigenvalue weighted by Gasteiger charge is 2.21. The summed E-state index contributed by atoms with van der Waals surface area (Å²) in [5.74, 6) is -0.316. The second-order valence-corrected chi connectivity index (χ2v) is 4.40. The average molecular weight is 293 g/mol. The largest absolute Gasteiger partial charge is 0.293 e. The molecule has 6 heteroatoms. The van der Waals surface area contributed by atoms with Gasteiger partial charge in [-0.15, -0.1) is 0 Å². The fourth-order valence-electron chi connectivity index (χ4n) is 1.01. The van der Waals surface area contributed by atoms with Gasteiger partial charge in [-0.1, -0.05) is 27.5 Å². The summed E-state index contributed by atoms with van der Waals surface area (Å²) >= 11 is 8.62. The molecule has 0 fully saturated rings. The first-order valence-electron chi connectivity index (χ1n) is 4.06. The molecule has 0 amide bonds. The third-order valence-electron chi connectivity index (χ3n) is 1.72. The summed E-state index contributed by atoms with van der Waals surface area (Å²) in [6.07, 6.45) is 0. The molecule has 0 radical (unpaired) electrons. The Labute approximate surface area is 99.5 Å². The molecule has 1 unspecified atom stereocenters. The molecule has 15 heavy (non-hydrogen) atoms. The van der Waals surface area contributed by atoms with Crippen molar-refractivity contribution in [3.05, 3.63) is 45.0 Å². The highest BCUT2D eigenvalue weighted by Crippen LogP contribution is 2.14. The summed E-state index contributed by atoms with van der Waals surface area (Å²) in [7, 11) is 0. The fraction of sp³-hybridized carbons (Fsp3) is 0.222. The highest BCUT2D eigenvalue weighted by molar-refractivity contribution is 9.10. The van der Waals surface area contributed by atoms with Crippen LogP contribution >= 0.6 is 27.5 Å². The Bertz CT molecular complexity index is 379. The van der Waals surface area contributed by atoms with Crippen molar-refractivity contribution < 1.29 is 9.72 Å². The summed E-state index contributed by atoms with van der Waals surface area (Å²) in [5.41, 5.74) is 0.406. The SMILES string of the molecule is O=C(c1ccc(Cl)cc1)C(Br)C[N+](=O)[O-]. The molecule has 1 aromatic rings. The first-order chi connectivity index (χ1) is 7.00. The molecular formula is C9H7BrClNO3. The van der Waals surface area contributed by atoms with Gasteiger partial charge < -0.3 is 0 Å². The maximum atomic E-state index is 11.6. The van der Waals surface area contributed by atoms with Crippen LogP contribution in [-0.4, -0.2) is 22.1 Å². The minimum atomic E-state index is -0.798. The van der Waals surface area contributed by atoms with E-state index in [0.29, 0.717) is 10.6 Å². The predicted octanol–water partition coefficient (Wildman–Crippen LogP) is 2.56. The van der Waals surface area contributed by atoms with E-state index in [1.165, 1.54) is 0 Å². The zero-order valence-electron chi connectivity index (χ0n) is 7.52. The Kier molecular flexibility index (Phi) is 4.23. The molecule has 0 aliphatic heterocycles. The summed E-state index contributed by atoms with van der Waals surface area (Å²) in [4.78, 5) is 20.5. The first-order valence-corrected chi connectivity index (χ1v) is 5.35. The standard InChI is InChI=1S/C9H7BrClNO3/c10-8(5-12(14)15)9(13)6-1-3-7(11)4-2-6/h1-4,8H,5H2. The van der Waals surface area contributed by atoms with Crippen molar-refractivity contribution in [2.75, 3.05) is 6.54 Å². The molecule has 0 aliphatic carbocycles. The van der Waals surface area contributed by atoms with Crippen LogP contribution in [0, 0.1) is 10.1 Å². The summed E-state index contributed by atoms with van der Waals surface area (Å²) in [6, 6.07) is 6.22. The molecule has 1 atom stereocenters. The number of carbonyl (C=O) groups is 1. The number of hydrogen-bond acceptors (Lipinski definition) is 3. The molecule has 0 N–H and O–H groups in total. The van der Waals surface area contributed by atoms with Crippen molar-refractivity contribution in [1.82, 2.24) is 0 Å². The molecule has 4 nitrogen and oxygen atoms in total. The van der Waals surface area contributed by atoms with Crippen LogP contribution in [0.2, 0.25) is 5.02 Å². The topological polar surface area (TPSA) is 60.2 Å². The number of Topliss-reactive ketones (excluding diaryl/α,β-unsaturated/α-hetero) is 1. The van der Waals surface area contributed by atoms with Gasteiger partial charge in [-0.25, -0.2) is 0 Å². The Morgan fingerprint density at radius 1 is 1.47 bits per heavy atom. The van der Waals surface area contributed by atoms with Gasteiger partial charge in [0.15, 0.2) is 5.78 Å². The van der Waals surface area contributed by atoms with Crippen LogP contribution in [0.1, 0.15) is 10.4 Å². The Balaban J connectivity index is 2.76. The van der Waals surface area contributed by atoms with Gasteiger partial charge in [-0.3, -0.25) is 14.9 Å². The van der Waals surface area contributed by atoms with Gasteiger partial charge in [0.25, 0.3) is 0 Å². The van der Waals surface area contributed by atoms with E-state index in [1.807, 2.05) is 0 Å². The molecule has 0 saturated carbocycles. The van der Waals surface area contributed by atoms with Gasteiger partial charge in [0.1, 0.15) is 4.83 Å². The average Bonchev–Trinajstić information content (AvgIpc) is 2.17. The van der Waals surface area contributed by atoms with Crippen LogP contribution < -0.4 is 0 Å². The van der Waals surface area contributed by atoms with Crippen molar-refractivity contribution in [1.29, 1.82) is 0 Å². The lowest BCUT2D eigenvalue weighted by Crippen LogP contribution is -2.23. The number of ketones is 1. The Morgan fingerprint density at radius 2 is 2.00 bits per heavy atom. The molecular weight excluding hydrogens is 285 g/mol. The van der Waals surface area contributed by atoms with E-state index in [-0.39, 0.29) is 5.78 Å². The zero-order valence-corrected chi connectivity index (χ0v) is 9.86. The normalized spacial score (nSPS) is 12.1. The van der Waals surface area contributed by atoms with E-state index >= 15 is 0 Å². The van der Waals surface area contributed by atoms with Crippen molar-refractivity contribution in [3.63, 3.8) is 0 Å². The van der Waals surface area contributed by atoms with E-state index in [1.54, 1.807) is 24.3 Å². The first kappa shape index (κ1) is 12.1. The third-order valence-corrected chi connectivity index (χ3v) is 2.68. The van der Waals surface area contributed by atoms with E-state index in [0.717, 1.165) is 0 Å². The number of halogens is 2. The molecule has 0 spiro atoms. The lowest BCUT2D eigenvalue weighted by atomic mass is 10.1. The minimum absolute atomic E-state index is 0.316. The Morgan fingerprint density at radius 3 is 2.47 bits per heavy atom. The van der Waals surface area contributed by atoms with Crippen LogP contribution in [0.3, 0.4) is 0 Å². The van der Waals surface area contributed by atoms with Crippen LogP contribution in [0.4, 0.5) is 0 Å². The van der Waals surface area contributed by atoms with Gasteiger partial charge >= 0.3 is 0 Å². The van der Waals surface area contributed by atoms with E-state index in [4.69, 9.17) is 11.6 Å². The minimum Gasteiger partial charge on any atom is -0.293 e. The van der Waals surface area contributed by atoms with Gasteiger partial charge in [-0.05, 0) is 24.3 Å². The maximum Gasteiger partial charge on any atom is 0.223 e. The van der Waals surface area contributed by atoms with Crippen molar-refractivity contribution in [2.45, 2.75) is 4.83 Å². The van der Waals surface area contributed by atoms with Gasteiger partial charge in [0, 0.05) is 15.5 Å².